The average Bonchev–Trinajstić information content (AvgIpc) is 2.65. The lowest BCUT2D eigenvalue weighted by molar-refractivity contribution is -0.168. The number of esters is 4. The van der Waals surface area contributed by atoms with Gasteiger partial charge in [-0.25, -0.2) is 0 Å². The monoisotopic (exact) mass is 559 g/mol. The fourth-order valence-corrected chi connectivity index (χ4v) is 3.28. The Labute approximate surface area is 235 Å². The molecule has 0 aliphatic heterocycles. The molecule has 0 aromatic carbocycles. The number of hydrogen-bond donors (Lipinski definition) is 2. The first kappa shape index (κ1) is 36.8. The zero-order chi connectivity index (χ0) is 30.7. The second-order valence-corrected chi connectivity index (χ2v) is 13.4. The van der Waals surface area contributed by atoms with Crippen LogP contribution in [0.3, 0.4) is 0 Å². The van der Waals surface area contributed by atoms with Crippen molar-refractivity contribution in [2.75, 3.05) is 39.3 Å². The molecule has 0 unspecified atom stereocenters. The first-order chi connectivity index (χ1) is 17.5. The minimum Gasteiger partial charge on any atom is -0.460 e. The molecule has 228 valence electrons. The number of ether oxygens (including phenoxy) is 4. The van der Waals surface area contributed by atoms with E-state index in [1.807, 2.05) is 0 Å². The van der Waals surface area contributed by atoms with Crippen molar-refractivity contribution in [1.29, 1.82) is 0 Å². The van der Waals surface area contributed by atoms with Gasteiger partial charge in [0.15, 0.2) is 0 Å². The van der Waals surface area contributed by atoms with E-state index in [9.17, 15) is 19.2 Å². The van der Waals surface area contributed by atoms with Crippen LogP contribution in [0.2, 0.25) is 0 Å². The van der Waals surface area contributed by atoms with Gasteiger partial charge in [-0.05, 0) is 83.1 Å². The molecule has 0 saturated carbocycles. The average molecular weight is 560 g/mol. The Hall–Kier alpha value is -2.24. The quantitative estimate of drug-likeness (QED) is 0.185. The molecule has 0 aromatic heterocycles. The number of hydrogen-bond acceptors (Lipinski definition) is 11. The maximum absolute atomic E-state index is 13.2. The van der Waals surface area contributed by atoms with Gasteiger partial charge in [-0.3, -0.25) is 24.1 Å². The minimum atomic E-state index is -0.939. The van der Waals surface area contributed by atoms with Crippen molar-refractivity contribution in [3.05, 3.63) is 0 Å². The Bertz CT molecular complexity index is 766. The largest absolute Gasteiger partial charge is 0.460 e. The van der Waals surface area contributed by atoms with Crippen LogP contribution in [0.4, 0.5) is 0 Å². The molecule has 0 bridgehead atoms. The zero-order valence-corrected chi connectivity index (χ0v) is 26.2. The van der Waals surface area contributed by atoms with Crippen molar-refractivity contribution in [2.45, 2.75) is 118 Å². The van der Waals surface area contributed by atoms with Crippen LogP contribution in [0.25, 0.3) is 0 Å². The molecular weight excluding hydrogens is 506 g/mol. The van der Waals surface area contributed by atoms with E-state index in [4.69, 9.17) is 18.9 Å². The Balaban J connectivity index is 5.56. The van der Waals surface area contributed by atoms with Gasteiger partial charge in [-0.2, -0.15) is 0 Å². The van der Waals surface area contributed by atoms with E-state index < -0.39 is 52.3 Å². The molecule has 0 heterocycles. The molecule has 2 N–H and O–H groups in total. The van der Waals surface area contributed by atoms with Gasteiger partial charge < -0.3 is 29.6 Å². The third kappa shape index (κ3) is 21.3. The molecule has 0 rings (SSSR count). The highest BCUT2D eigenvalue weighted by Crippen LogP contribution is 2.17. The Morgan fingerprint density at radius 2 is 0.897 bits per heavy atom. The summed E-state index contributed by atoms with van der Waals surface area (Å²) in [7, 11) is 0. The van der Waals surface area contributed by atoms with Crippen molar-refractivity contribution < 1.29 is 38.1 Å². The maximum atomic E-state index is 13.2. The molecule has 0 aliphatic carbocycles. The van der Waals surface area contributed by atoms with E-state index in [2.05, 4.69) is 10.6 Å². The first-order valence-electron chi connectivity index (χ1n) is 13.5. The van der Waals surface area contributed by atoms with E-state index in [1.165, 1.54) is 0 Å². The predicted molar refractivity (Wildman–Crippen MR) is 149 cm³/mol. The third-order valence-corrected chi connectivity index (χ3v) is 4.43. The van der Waals surface area contributed by atoms with Crippen molar-refractivity contribution in [3.8, 4) is 0 Å². The number of nitrogens with one attached hydrogen (secondary N) is 2. The van der Waals surface area contributed by atoms with Crippen LogP contribution in [0.5, 0.6) is 0 Å². The summed E-state index contributed by atoms with van der Waals surface area (Å²) in [6.07, 6.45) is -0.218. The summed E-state index contributed by atoms with van der Waals surface area (Å²) in [4.78, 5) is 51.9. The fourth-order valence-electron chi connectivity index (χ4n) is 3.28. The number of nitrogens with zero attached hydrogens (tertiary/aromatic N) is 1. The summed E-state index contributed by atoms with van der Waals surface area (Å²) in [5.41, 5.74) is -2.68. The molecule has 0 amide bonds. The second kappa shape index (κ2) is 15.5. The smallest absolute Gasteiger partial charge is 0.324 e. The van der Waals surface area contributed by atoms with Crippen molar-refractivity contribution in [3.63, 3.8) is 0 Å². The number of carbonyl (C=O) groups is 4. The van der Waals surface area contributed by atoms with E-state index >= 15 is 0 Å². The fraction of sp³-hybridized carbons (Fsp3) is 0.857. The molecule has 0 radical (unpaired) electrons. The van der Waals surface area contributed by atoms with Gasteiger partial charge in [-0.15, -0.1) is 0 Å². The van der Waals surface area contributed by atoms with Gasteiger partial charge in [0.05, 0.1) is 19.5 Å². The molecule has 0 fully saturated rings. The summed E-state index contributed by atoms with van der Waals surface area (Å²) >= 11 is 0. The summed E-state index contributed by atoms with van der Waals surface area (Å²) in [6.45, 7) is 22.5. The van der Waals surface area contributed by atoms with Gasteiger partial charge in [-0.1, -0.05) is 0 Å². The molecule has 0 aromatic rings. The van der Waals surface area contributed by atoms with E-state index in [1.54, 1.807) is 88.0 Å². The van der Waals surface area contributed by atoms with Gasteiger partial charge >= 0.3 is 23.9 Å². The highest BCUT2D eigenvalue weighted by molar-refractivity contribution is 5.83. The molecular formula is C28H53N3O8. The van der Waals surface area contributed by atoms with Gasteiger partial charge in [0, 0.05) is 26.2 Å². The zero-order valence-electron chi connectivity index (χ0n) is 26.2. The summed E-state index contributed by atoms with van der Waals surface area (Å²) < 4.78 is 21.7. The predicted octanol–water partition coefficient (Wildman–Crippen LogP) is 2.59. The Kier molecular flexibility index (Phi) is 14.6. The van der Waals surface area contributed by atoms with Crippen LogP contribution in [-0.4, -0.2) is 96.5 Å². The maximum Gasteiger partial charge on any atom is 0.324 e. The molecule has 0 spiro atoms. The van der Waals surface area contributed by atoms with E-state index in [0.717, 1.165) is 0 Å². The normalized spacial score (nSPS) is 13.6. The van der Waals surface area contributed by atoms with Crippen LogP contribution in [0.15, 0.2) is 0 Å². The van der Waals surface area contributed by atoms with Crippen LogP contribution < -0.4 is 10.6 Å². The molecule has 0 aliphatic rings. The summed E-state index contributed by atoms with van der Waals surface area (Å²) in [5, 5.41) is 6.05. The highest BCUT2D eigenvalue weighted by Gasteiger charge is 2.34. The molecule has 0 saturated heterocycles. The molecule has 11 heteroatoms. The standard InChI is InChI=1S/C28H53N3O8/c1-25(2,3)36-21(32)17-20(24(35)39-28(10,11)12)31(15-13-29-18-22(33)37-26(4,5)6)16-14-30-19-23(34)38-27(7,8)9/h20,29-30H,13-19H2,1-12H3/t20-/m0/s1. The summed E-state index contributed by atoms with van der Waals surface area (Å²) in [5.74, 6) is -1.89. The highest BCUT2D eigenvalue weighted by atomic mass is 16.6. The van der Waals surface area contributed by atoms with Gasteiger partial charge in [0.25, 0.3) is 0 Å². The van der Waals surface area contributed by atoms with E-state index in [-0.39, 0.29) is 19.5 Å². The Morgan fingerprint density at radius 3 is 1.23 bits per heavy atom. The van der Waals surface area contributed by atoms with Crippen LogP contribution in [0, 0.1) is 0 Å². The number of rotatable bonds is 14. The molecule has 11 nitrogen and oxygen atoms in total. The van der Waals surface area contributed by atoms with Gasteiger partial charge in [0.1, 0.15) is 28.4 Å². The lowest BCUT2D eigenvalue weighted by Gasteiger charge is -2.33. The second-order valence-electron chi connectivity index (χ2n) is 13.4. The van der Waals surface area contributed by atoms with Crippen LogP contribution in [-0.2, 0) is 38.1 Å². The number of carbonyl (C=O) groups excluding carboxylic acids is 4. The lowest BCUT2D eigenvalue weighted by atomic mass is 10.1. The van der Waals surface area contributed by atoms with E-state index in [0.29, 0.717) is 26.2 Å². The summed E-state index contributed by atoms with van der Waals surface area (Å²) in [6, 6.07) is -0.939. The van der Waals surface area contributed by atoms with Gasteiger partial charge in [0.2, 0.25) is 0 Å². The van der Waals surface area contributed by atoms with Crippen molar-refractivity contribution >= 4 is 23.9 Å². The van der Waals surface area contributed by atoms with Crippen LogP contribution >= 0.6 is 0 Å². The first-order valence-corrected chi connectivity index (χ1v) is 13.5. The van der Waals surface area contributed by atoms with Crippen molar-refractivity contribution in [1.82, 2.24) is 15.5 Å². The van der Waals surface area contributed by atoms with Crippen molar-refractivity contribution in [2.24, 2.45) is 0 Å². The minimum absolute atomic E-state index is 0.00876. The molecule has 1 atom stereocenters. The van der Waals surface area contributed by atoms with Crippen LogP contribution in [0.1, 0.15) is 89.5 Å². The third-order valence-electron chi connectivity index (χ3n) is 4.43. The topological polar surface area (TPSA) is 132 Å². The lowest BCUT2D eigenvalue weighted by Crippen LogP contribution is -2.50. The molecule has 39 heavy (non-hydrogen) atoms. The SMILES string of the molecule is CC(C)(C)OC(=O)CNCCN(CCNCC(=O)OC(C)(C)C)[C@@H](CC(=O)OC(C)(C)C)C(=O)OC(C)(C)C. The Morgan fingerprint density at radius 1 is 0.564 bits per heavy atom.